The lowest BCUT2D eigenvalue weighted by Crippen LogP contribution is -2.50. The number of benzene rings is 2. The molecule has 0 spiro atoms. The molecular weight excluding hydrogens is 446 g/mol. The van der Waals surface area contributed by atoms with Gasteiger partial charge in [-0.1, -0.05) is 29.8 Å². The maximum absolute atomic E-state index is 13.1. The summed E-state index contributed by atoms with van der Waals surface area (Å²) >= 11 is 5.90. The van der Waals surface area contributed by atoms with E-state index >= 15 is 0 Å². The third kappa shape index (κ3) is 4.31. The molecule has 0 unspecified atom stereocenters. The van der Waals surface area contributed by atoms with Crippen LogP contribution < -0.4 is 4.90 Å². The van der Waals surface area contributed by atoms with Crippen molar-refractivity contribution < 1.29 is 14.5 Å². The van der Waals surface area contributed by atoms with Crippen LogP contribution in [0.5, 0.6) is 0 Å². The maximum Gasteiger partial charge on any atom is 0.295 e. The summed E-state index contributed by atoms with van der Waals surface area (Å²) in [5, 5.41) is 16.1. The number of nitrogens with zero attached hydrogens (tertiary/aromatic N) is 5. The highest BCUT2D eigenvalue weighted by molar-refractivity contribution is 6.43. The van der Waals surface area contributed by atoms with Crippen molar-refractivity contribution in [1.29, 1.82) is 0 Å². The van der Waals surface area contributed by atoms with Crippen LogP contribution in [0.1, 0.15) is 21.7 Å². The number of anilines is 1. The third-order valence-electron chi connectivity index (χ3n) is 5.76. The fourth-order valence-corrected chi connectivity index (χ4v) is 4.27. The zero-order chi connectivity index (χ0) is 23.7. The molecule has 33 heavy (non-hydrogen) atoms. The number of aryl methyl sites for hydroxylation is 1. The summed E-state index contributed by atoms with van der Waals surface area (Å²) in [6, 6.07) is 13.9. The maximum atomic E-state index is 13.1. The van der Waals surface area contributed by atoms with E-state index in [0.717, 1.165) is 5.69 Å². The van der Waals surface area contributed by atoms with Gasteiger partial charge < -0.3 is 9.80 Å². The van der Waals surface area contributed by atoms with Crippen molar-refractivity contribution in [3.05, 3.63) is 80.6 Å². The molecule has 0 radical (unpaired) electrons. The van der Waals surface area contributed by atoms with Crippen LogP contribution in [-0.4, -0.2) is 57.5 Å². The van der Waals surface area contributed by atoms with Crippen LogP contribution in [0.4, 0.5) is 11.4 Å². The first-order valence-corrected chi connectivity index (χ1v) is 10.8. The van der Waals surface area contributed by atoms with E-state index in [9.17, 15) is 19.7 Å². The Labute approximate surface area is 195 Å². The normalized spacial score (nSPS) is 13.8. The summed E-state index contributed by atoms with van der Waals surface area (Å²) < 4.78 is 1.66. The number of ketones is 1. The van der Waals surface area contributed by atoms with Crippen LogP contribution in [0.15, 0.2) is 48.5 Å². The first-order chi connectivity index (χ1) is 15.8. The lowest BCUT2D eigenvalue weighted by Gasteiger charge is -2.35. The molecular formula is C23H22ClN5O4. The predicted molar refractivity (Wildman–Crippen MR) is 124 cm³/mol. The quantitative estimate of drug-likeness (QED) is 0.246. The molecule has 0 bridgehead atoms. The average Bonchev–Trinajstić information content (AvgIpc) is 3.12. The molecule has 0 N–H and O–H groups in total. The van der Waals surface area contributed by atoms with E-state index in [1.807, 2.05) is 35.2 Å². The monoisotopic (exact) mass is 467 g/mol. The SMILES string of the molecule is Cc1nn(-c2ccccc2)c(C)c1C(=O)C(=O)N1CCN(c2ccc(Cl)cc2[N+](=O)[O-])CC1. The standard InChI is InChI=1S/C23H22ClN5O4/c1-15-21(16(2)28(25-15)18-6-4-3-5-7-18)22(30)23(31)27-12-10-26(11-13-27)19-9-8-17(24)14-20(19)29(32)33/h3-9,14H,10-13H2,1-2H3. The summed E-state index contributed by atoms with van der Waals surface area (Å²) in [6.07, 6.45) is 0. The molecule has 4 rings (SSSR count). The minimum atomic E-state index is -0.599. The molecule has 1 amide bonds. The van der Waals surface area contributed by atoms with E-state index in [1.54, 1.807) is 30.7 Å². The van der Waals surface area contributed by atoms with Gasteiger partial charge in [-0.3, -0.25) is 19.7 Å². The van der Waals surface area contributed by atoms with Crippen LogP contribution in [0, 0.1) is 24.0 Å². The van der Waals surface area contributed by atoms with Crippen molar-refractivity contribution in [1.82, 2.24) is 14.7 Å². The Morgan fingerprint density at radius 3 is 2.33 bits per heavy atom. The highest BCUT2D eigenvalue weighted by Gasteiger charge is 2.32. The van der Waals surface area contributed by atoms with E-state index in [2.05, 4.69) is 5.10 Å². The number of piperazine rings is 1. The zero-order valence-corrected chi connectivity index (χ0v) is 19.0. The Hall–Kier alpha value is -3.72. The molecule has 3 aromatic rings. The Balaban J connectivity index is 1.50. The number of nitro benzene ring substituents is 1. The largest absolute Gasteiger partial charge is 0.362 e. The van der Waals surface area contributed by atoms with Crippen LogP contribution in [0.2, 0.25) is 5.02 Å². The highest BCUT2D eigenvalue weighted by Crippen LogP contribution is 2.31. The Morgan fingerprint density at radius 2 is 1.70 bits per heavy atom. The lowest BCUT2D eigenvalue weighted by molar-refractivity contribution is -0.384. The number of para-hydroxylation sites is 1. The van der Waals surface area contributed by atoms with E-state index < -0.39 is 16.6 Å². The van der Waals surface area contributed by atoms with Gasteiger partial charge in [-0.05, 0) is 38.1 Å². The molecule has 0 aliphatic carbocycles. The Bertz CT molecular complexity index is 1230. The number of aromatic nitrogens is 2. The smallest absolute Gasteiger partial charge is 0.295 e. The highest BCUT2D eigenvalue weighted by atomic mass is 35.5. The summed E-state index contributed by atoms with van der Waals surface area (Å²) in [4.78, 5) is 40.4. The number of rotatable bonds is 5. The van der Waals surface area contributed by atoms with Gasteiger partial charge in [-0.25, -0.2) is 4.68 Å². The van der Waals surface area contributed by atoms with Crippen molar-refractivity contribution >= 4 is 34.7 Å². The molecule has 0 atom stereocenters. The number of Topliss-reactive ketones (excluding diaryl/α,β-unsaturated/α-hetero) is 1. The number of carbonyl (C=O) groups is 2. The number of hydrogen-bond donors (Lipinski definition) is 0. The summed E-state index contributed by atoms with van der Waals surface area (Å²) in [5.41, 5.74) is 2.57. The van der Waals surface area contributed by atoms with Crippen LogP contribution in [0.25, 0.3) is 5.69 Å². The zero-order valence-electron chi connectivity index (χ0n) is 18.2. The summed E-state index contributed by atoms with van der Waals surface area (Å²) in [5.74, 6) is -1.20. The molecule has 1 fully saturated rings. The second kappa shape index (κ2) is 9.03. The van der Waals surface area contributed by atoms with E-state index in [1.165, 1.54) is 11.0 Å². The van der Waals surface area contributed by atoms with Gasteiger partial charge in [0.1, 0.15) is 5.69 Å². The van der Waals surface area contributed by atoms with Gasteiger partial charge in [0.25, 0.3) is 17.4 Å². The van der Waals surface area contributed by atoms with Gasteiger partial charge in [0.15, 0.2) is 0 Å². The fourth-order valence-electron chi connectivity index (χ4n) is 4.10. The van der Waals surface area contributed by atoms with Gasteiger partial charge in [-0.15, -0.1) is 0 Å². The fraction of sp³-hybridized carbons (Fsp3) is 0.261. The first-order valence-electron chi connectivity index (χ1n) is 10.4. The number of nitro groups is 1. The van der Waals surface area contributed by atoms with Crippen molar-refractivity contribution in [2.24, 2.45) is 0 Å². The van der Waals surface area contributed by atoms with Crippen LogP contribution >= 0.6 is 11.6 Å². The van der Waals surface area contributed by atoms with Crippen LogP contribution in [0.3, 0.4) is 0 Å². The molecule has 1 saturated heterocycles. The molecule has 1 aliphatic rings. The molecule has 1 aromatic heterocycles. The molecule has 2 heterocycles. The third-order valence-corrected chi connectivity index (χ3v) is 5.99. The Kier molecular flexibility index (Phi) is 6.15. The second-order valence-electron chi connectivity index (χ2n) is 7.79. The molecule has 2 aromatic carbocycles. The van der Waals surface area contributed by atoms with E-state index in [-0.39, 0.29) is 23.8 Å². The number of halogens is 1. The molecule has 0 saturated carbocycles. The van der Waals surface area contributed by atoms with E-state index in [0.29, 0.717) is 35.7 Å². The van der Waals surface area contributed by atoms with Crippen molar-refractivity contribution in [2.75, 3.05) is 31.1 Å². The van der Waals surface area contributed by atoms with Crippen molar-refractivity contribution in [3.63, 3.8) is 0 Å². The molecule has 10 heteroatoms. The summed E-state index contributed by atoms with van der Waals surface area (Å²) in [7, 11) is 0. The number of amides is 1. The number of carbonyl (C=O) groups excluding carboxylic acids is 2. The minimum Gasteiger partial charge on any atom is -0.362 e. The van der Waals surface area contributed by atoms with Gasteiger partial charge in [0.2, 0.25) is 0 Å². The van der Waals surface area contributed by atoms with Gasteiger partial charge in [0, 0.05) is 37.3 Å². The van der Waals surface area contributed by atoms with Gasteiger partial charge in [0.05, 0.1) is 27.6 Å². The topological polar surface area (TPSA) is 102 Å². The predicted octanol–water partition coefficient (Wildman–Crippen LogP) is 3.58. The first kappa shape index (κ1) is 22.5. The molecule has 1 aliphatic heterocycles. The van der Waals surface area contributed by atoms with Crippen molar-refractivity contribution in [2.45, 2.75) is 13.8 Å². The Morgan fingerprint density at radius 1 is 1.03 bits per heavy atom. The van der Waals surface area contributed by atoms with Crippen LogP contribution in [-0.2, 0) is 4.79 Å². The summed E-state index contributed by atoms with van der Waals surface area (Å²) in [6.45, 7) is 4.76. The number of hydrogen-bond acceptors (Lipinski definition) is 6. The van der Waals surface area contributed by atoms with Gasteiger partial charge >= 0.3 is 0 Å². The average molecular weight is 468 g/mol. The van der Waals surface area contributed by atoms with E-state index in [4.69, 9.17) is 11.6 Å². The molecule has 9 nitrogen and oxygen atoms in total. The molecule has 170 valence electrons. The minimum absolute atomic E-state index is 0.0853. The van der Waals surface area contributed by atoms with Gasteiger partial charge in [-0.2, -0.15) is 5.10 Å². The lowest BCUT2D eigenvalue weighted by atomic mass is 10.1. The second-order valence-corrected chi connectivity index (χ2v) is 8.23. The van der Waals surface area contributed by atoms with Crippen molar-refractivity contribution in [3.8, 4) is 5.69 Å².